The molecule has 0 heterocycles. The molecule has 122 valence electrons. The molecule has 0 aromatic heterocycles. The smallest absolute Gasteiger partial charge is 0.333 e. The summed E-state index contributed by atoms with van der Waals surface area (Å²) < 4.78 is 11.0. The third-order valence-corrected chi connectivity index (χ3v) is 4.25. The molecule has 0 spiro atoms. The van der Waals surface area contributed by atoms with Crippen molar-refractivity contribution in [3.05, 3.63) is 12.2 Å². The Balaban J connectivity index is 2.29. The van der Waals surface area contributed by atoms with Crippen LogP contribution in [0.3, 0.4) is 0 Å². The van der Waals surface area contributed by atoms with E-state index < -0.39 is 0 Å². The normalized spacial score (nSPS) is 23.6. The van der Waals surface area contributed by atoms with E-state index in [2.05, 4.69) is 13.5 Å². The molecule has 1 N–H and O–H groups in total. The highest BCUT2D eigenvalue weighted by atomic mass is 16.5. The Kier molecular flexibility index (Phi) is 8.62. The van der Waals surface area contributed by atoms with Crippen LogP contribution in [0, 0.1) is 11.8 Å². The Bertz CT molecular complexity index is 319. The van der Waals surface area contributed by atoms with E-state index in [1.165, 1.54) is 0 Å². The first-order valence-corrected chi connectivity index (χ1v) is 8.13. The summed E-state index contributed by atoms with van der Waals surface area (Å²) in [6.07, 6.45) is 6.80. The third kappa shape index (κ3) is 6.62. The van der Waals surface area contributed by atoms with Gasteiger partial charge in [-0.05, 0) is 44.9 Å². The standard InChI is InChI=1S/C17H30O4/c1-4-5-10-20-16-8-6-14(7-9-16)15(11-18)12-21-17(19)13(2)3/h14-16,18H,2,4-12H2,1,3H3. The van der Waals surface area contributed by atoms with E-state index in [9.17, 15) is 9.90 Å². The SMILES string of the molecule is C=C(C)C(=O)OCC(CO)C1CCC(OCCCC)CC1. The molecule has 1 aliphatic carbocycles. The Morgan fingerprint density at radius 3 is 2.52 bits per heavy atom. The van der Waals surface area contributed by atoms with Gasteiger partial charge in [-0.15, -0.1) is 0 Å². The third-order valence-electron chi connectivity index (χ3n) is 4.25. The van der Waals surface area contributed by atoms with Gasteiger partial charge in [-0.3, -0.25) is 0 Å². The van der Waals surface area contributed by atoms with Crippen molar-refractivity contribution in [2.75, 3.05) is 19.8 Å². The number of hydrogen-bond donors (Lipinski definition) is 1. The minimum atomic E-state index is -0.370. The molecule has 0 amide bonds. The maximum Gasteiger partial charge on any atom is 0.333 e. The second kappa shape index (κ2) is 9.96. The molecule has 0 aromatic rings. The van der Waals surface area contributed by atoms with Gasteiger partial charge in [0.2, 0.25) is 0 Å². The highest BCUT2D eigenvalue weighted by Gasteiger charge is 2.28. The zero-order chi connectivity index (χ0) is 15.7. The lowest BCUT2D eigenvalue weighted by Crippen LogP contribution is -2.31. The van der Waals surface area contributed by atoms with Gasteiger partial charge in [-0.1, -0.05) is 19.9 Å². The second-order valence-corrected chi connectivity index (χ2v) is 6.08. The van der Waals surface area contributed by atoms with Gasteiger partial charge >= 0.3 is 5.97 Å². The monoisotopic (exact) mass is 298 g/mol. The summed E-state index contributed by atoms with van der Waals surface area (Å²) in [6.45, 7) is 8.57. The molecule has 4 heteroatoms. The zero-order valence-electron chi connectivity index (χ0n) is 13.5. The highest BCUT2D eigenvalue weighted by Crippen LogP contribution is 2.32. The van der Waals surface area contributed by atoms with Crippen LogP contribution in [0.1, 0.15) is 52.4 Å². The molecule has 0 radical (unpaired) electrons. The average molecular weight is 298 g/mol. The summed E-state index contributed by atoms with van der Waals surface area (Å²) in [5.41, 5.74) is 0.403. The fourth-order valence-electron chi connectivity index (χ4n) is 2.76. The number of esters is 1. The topological polar surface area (TPSA) is 55.8 Å². The van der Waals surface area contributed by atoms with Crippen LogP contribution in [0.4, 0.5) is 0 Å². The largest absolute Gasteiger partial charge is 0.462 e. The van der Waals surface area contributed by atoms with Gasteiger partial charge in [-0.25, -0.2) is 4.79 Å². The number of aliphatic hydroxyl groups is 1. The zero-order valence-corrected chi connectivity index (χ0v) is 13.5. The van der Waals surface area contributed by atoms with Crippen LogP contribution < -0.4 is 0 Å². The van der Waals surface area contributed by atoms with Crippen molar-refractivity contribution >= 4 is 5.97 Å². The number of carbonyl (C=O) groups is 1. The van der Waals surface area contributed by atoms with Crippen molar-refractivity contribution in [3.8, 4) is 0 Å². The van der Waals surface area contributed by atoms with E-state index in [1.54, 1.807) is 6.92 Å². The lowest BCUT2D eigenvalue weighted by Gasteiger charge is -2.32. The van der Waals surface area contributed by atoms with Crippen LogP contribution in [-0.4, -0.2) is 37.0 Å². The van der Waals surface area contributed by atoms with Crippen LogP contribution >= 0.6 is 0 Å². The van der Waals surface area contributed by atoms with E-state index in [1.807, 2.05) is 0 Å². The van der Waals surface area contributed by atoms with Crippen molar-refractivity contribution in [1.82, 2.24) is 0 Å². The maximum atomic E-state index is 11.4. The number of aliphatic hydroxyl groups excluding tert-OH is 1. The summed E-state index contributed by atoms with van der Waals surface area (Å²) in [6, 6.07) is 0. The molecule has 1 atom stereocenters. The summed E-state index contributed by atoms with van der Waals surface area (Å²) in [4.78, 5) is 11.4. The molecule has 1 saturated carbocycles. The molecule has 0 bridgehead atoms. The molecule has 1 fully saturated rings. The van der Waals surface area contributed by atoms with Gasteiger partial charge in [0.25, 0.3) is 0 Å². The van der Waals surface area contributed by atoms with Gasteiger partial charge in [0.05, 0.1) is 12.7 Å². The first-order chi connectivity index (χ1) is 10.1. The van der Waals surface area contributed by atoms with Crippen LogP contribution in [-0.2, 0) is 14.3 Å². The highest BCUT2D eigenvalue weighted by molar-refractivity contribution is 5.86. The summed E-state index contributed by atoms with van der Waals surface area (Å²) >= 11 is 0. The minimum absolute atomic E-state index is 0.0323. The van der Waals surface area contributed by atoms with Gasteiger partial charge in [0, 0.05) is 24.7 Å². The van der Waals surface area contributed by atoms with Gasteiger partial charge in [0.15, 0.2) is 0 Å². The Morgan fingerprint density at radius 1 is 1.33 bits per heavy atom. The number of carbonyl (C=O) groups excluding carboxylic acids is 1. The van der Waals surface area contributed by atoms with Crippen molar-refractivity contribution in [2.45, 2.75) is 58.5 Å². The Hall–Kier alpha value is -0.870. The average Bonchev–Trinajstić information content (AvgIpc) is 2.49. The summed E-state index contributed by atoms with van der Waals surface area (Å²) in [5.74, 6) is 0.0777. The minimum Gasteiger partial charge on any atom is -0.462 e. The van der Waals surface area contributed by atoms with Crippen LogP contribution in [0.15, 0.2) is 12.2 Å². The van der Waals surface area contributed by atoms with Crippen molar-refractivity contribution in [1.29, 1.82) is 0 Å². The van der Waals surface area contributed by atoms with E-state index in [0.29, 0.717) is 17.6 Å². The second-order valence-electron chi connectivity index (χ2n) is 6.08. The van der Waals surface area contributed by atoms with Crippen LogP contribution in [0.2, 0.25) is 0 Å². The quantitative estimate of drug-likeness (QED) is 0.404. The first kappa shape index (κ1) is 18.2. The van der Waals surface area contributed by atoms with E-state index >= 15 is 0 Å². The van der Waals surface area contributed by atoms with Gasteiger partial charge in [0.1, 0.15) is 0 Å². The molecule has 4 nitrogen and oxygen atoms in total. The number of rotatable bonds is 9. The predicted octanol–water partition coefficient (Wildman–Crippen LogP) is 3.09. The molecule has 1 aliphatic rings. The molecule has 1 rings (SSSR count). The molecule has 21 heavy (non-hydrogen) atoms. The Labute approximate surface area is 128 Å². The predicted molar refractivity (Wildman–Crippen MR) is 83.0 cm³/mol. The van der Waals surface area contributed by atoms with Crippen molar-refractivity contribution in [2.24, 2.45) is 11.8 Å². The van der Waals surface area contributed by atoms with Crippen LogP contribution in [0.5, 0.6) is 0 Å². The number of hydrogen-bond acceptors (Lipinski definition) is 4. The molecule has 0 aromatic carbocycles. The molecule has 0 aliphatic heterocycles. The lowest BCUT2D eigenvalue weighted by atomic mass is 9.79. The molecular formula is C17H30O4. The fourth-order valence-corrected chi connectivity index (χ4v) is 2.76. The van der Waals surface area contributed by atoms with E-state index in [0.717, 1.165) is 45.1 Å². The van der Waals surface area contributed by atoms with Crippen LogP contribution in [0.25, 0.3) is 0 Å². The number of ether oxygens (including phenoxy) is 2. The summed E-state index contributed by atoms with van der Waals surface area (Å²) in [7, 11) is 0. The molecule has 0 saturated heterocycles. The van der Waals surface area contributed by atoms with E-state index in [-0.39, 0.29) is 25.1 Å². The number of unbranched alkanes of at least 4 members (excludes halogenated alkanes) is 1. The van der Waals surface area contributed by atoms with Gasteiger partial charge in [-0.2, -0.15) is 0 Å². The summed E-state index contributed by atoms with van der Waals surface area (Å²) in [5, 5.41) is 9.52. The van der Waals surface area contributed by atoms with Gasteiger partial charge < -0.3 is 14.6 Å². The first-order valence-electron chi connectivity index (χ1n) is 8.13. The molecular weight excluding hydrogens is 268 g/mol. The van der Waals surface area contributed by atoms with E-state index in [4.69, 9.17) is 9.47 Å². The van der Waals surface area contributed by atoms with Crippen molar-refractivity contribution < 1.29 is 19.4 Å². The molecule has 1 unspecified atom stereocenters. The maximum absolute atomic E-state index is 11.4. The Morgan fingerprint density at radius 2 is 2.00 bits per heavy atom. The lowest BCUT2D eigenvalue weighted by molar-refractivity contribution is -0.141. The van der Waals surface area contributed by atoms with Crippen molar-refractivity contribution in [3.63, 3.8) is 0 Å². The fraction of sp³-hybridized carbons (Fsp3) is 0.824.